The van der Waals surface area contributed by atoms with E-state index >= 15 is 0 Å². The first-order valence-corrected chi connectivity index (χ1v) is 10.3. The molecule has 5 heterocycles. The van der Waals surface area contributed by atoms with Crippen molar-refractivity contribution >= 4 is 32.7 Å². The number of pyridine rings is 3. The number of piperidine rings is 1. The predicted molar refractivity (Wildman–Crippen MR) is 119 cm³/mol. The molecule has 0 bridgehead atoms. The number of anilines is 1. The summed E-state index contributed by atoms with van der Waals surface area (Å²) in [5.41, 5.74) is 5.60. The van der Waals surface area contributed by atoms with Crippen molar-refractivity contribution in [3.63, 3.8) is 0 Å². The van der Waals surface area contributed by atoms with Gasteiger partial charge in [-0.2, -0.15) is 5.10 Å². The van der Waals surface area contributed by atoms with Crippen LogP contribution in [0.2, 0.25) is 0 Å². The third-order valence-electron chi connectivity index (χ3n) is 5.15. The van der Waals surface area contributed by atoms with Gasteiger partial charge in [-0.25, -0.2) is 4.98 Å². The summed E-state index contributed by atoms with van der Waals surface area (Å²) in [5.74, 6) is 0.932. The molecule has 7 heteroatoms. The first kappa shape index (κ1) is 18.0. The molecule has 0 saturated carbocycles. The number of fused-ring (bicyclic) bond motifs is 1. The van der Waals surface area contributed by atoms with E-state index in [2.05, 4.69) is 47.6 Å². The molecule has 1 saturated heterocycles. The van der Waals surface area contributed by atoms with Crippen molar-refractivity contribution in [3.8, 4) is 22.6 Å². The van der Waals surface area contributed by atoms with Crippen molar-refractivity contribution in [2.24, 2.45) is 0 Å². The zero-order valence-corrected chi connectivity index (χ0v) is 17.4. The maximum absolute atomic E-state index is 4.95. The first-order chi connectivity index (χ1) is 14.2. The van der Waals surface area contributed by atoms with Gasteiger partial charge in [-0.1, -0.05) is 12.2 Å². The number of aromatic amines is 1. The summed E-state index contributed by atoms with van der Waals surface area (Å²) in [5, 5.41) is 8.60. The van der Waals surface area contributed by atoms with E-state index in [-0.39, 0.29) is 0 Å². The quantitative estimate of drug-likeness (QED) is 0.448. The lowest BCUT2D eigenvalue weighted by molar-refractivity contribution is 0.671. The second-order valence-corrected chi connectivity index (χ2v) is 8.06. The van der Waals surface area contributed by atoms with Crippen LogP contribution in [-0.2, 0) is 0 Å². The van der Waals surface area contributed by atoms with Gasteiger partial charge in [0.05, 0.1) is 27.6 Å². The number of aromatic nitrogens is 5. The fourth-order valence-electron chi connectivity index (χ4n) is 3.70. The van der Waals surface area contributed by atoms with Crippen LogP contribution in [-0.4, -0.2) is 38.2 Å². The Morgan fingerprint density at radius 2 is 2.07 bits per heavy atom. The lowest BCUT2D eigenvalue weighted by Gasteiger charge is -2.30. The summed E-state index contributed by atoms with van der Waals surface area (Å²) < 4.78 is 0.980. The number of nitrogens with zero attached hydrogens (tertiary/aromatic N) is 5. The van der Waals surface area contributed by atoms with Gasteiger partial charge in [0.2, 0.25) is 0 Å². The van der Waals surface area contributed by atoms with Crippen molar-refractivity contribution in [2.45, 2.75) is 12.8 Å². The predicted octanol–water partition coefficient (Wildman–Crippen LogP) is 5.00. The Morgan fingerprint density at radius 1 is 1.14 bits per heavy atom. The summed E-state index contributed by atoms with van der Waals surface area (Å²) in [7, 11) is 0. The van der Waals surface area contributed by atoms with Crippen LogP contribution in [0.4, 0.5) is 5.82 Å². The van der Waals surface area contributed by atoms with Crippen LogP contribution in [0.1, 0.15) is 12.8 Å². The second-order valence-electron chi connectivity index (χ2n) is 7.21. The Morgan fingerprint density at radius 3 is 2.90 bits per heavy atom. The van der Waals surface area contributed by atoms with Crippen molar-refractivity contribution in [2.75, 3.05) is 18.0 Å². The van der Waals surface area contributed by atoms with E-state index in [4.69, 9.17) is 4.98 Å². The van der Waals surface area contributed by atoms with Crippen molar-refractivity contribution in [3.05, 3.63) is 65.5 Å². The van der Waals surface area contributed by atoms with Gasteiger partial charge in [0, 0.05) is 36.4 Å². The zero-order chi connectivity index (χ0) is 19.8. The van der Waals surface area contributed by atoms with E-state index < -0.39 is 0 Å². The van der Waals surface area contributed by atoms with E-state index in [0.29, 0.717) is 0 Å². The maximum Gasteiger partial charge on any atom is 0.143 e. The third kappa shape index (κ3) is 3.42. The molecule has 1 aliphatic heterocycles. The molecular weight excluding hydrogens is 428 g/mol. The Labute approximate surface area is 176 Å². The molecule has 0 atom stereocenters. The largest absolute Gasteiger partial charge is 0.352 e. The molecule has 6 nitrogen and oxygen atoms in total. The summed E-state index contributed by atoms with van der Waals surface area (Å²) in [4.78, 5) is 16.0. The van der Waals surface area contributed by atoms with E-state index in [1.807, 2.05) is 42.7 Å². The van der Waals surface area contributed by atoms with Crippen LogP contribution >= 0.6 is 15.9 Å². The number of rotatable bonds is 3. The Balaban J connectivity index is 1.59. The molecule has 0 aliphatic carbocycles. The lowest BCUT2D eigenvalue weighted by Crippen LogP contribution is -2.31. The molecule has 4 aromatic rings. The monoisotopic (exact) mass is 446 g/mol. The number of nitrogens with one attached hydrogen (secondary N) is 1. The van der Waals surface area contributed by atoms with E-state index in [1.165, 1.54) is 5.57 Å². The van der Waals surface area contributed by atoms with Crippen LogP contribution in [0.25, 0.3) is 33.5 Å². The zero-order valence-electron chi connectivity index (χ0n) is 15.8. The van der Waals surface area contributed by atoms with Gasteiger partial charge in [0.1, 0.15) is 11.5 Å². The molecular formula is C22H19BrN6. The molecule has 4 aromatic heterocycles. The average Bonchev–Trinajstić information content (AvgIpc) is 3.18. The summed E-state index contributed by atoms with van der Waals surface area (Å²) in [6.07, 6.45) is 7.56. The molecule has 0 spiro atoms. The molecule has 0 unspecified atom stereocenters. The van der Waals surface area contributed by atoms with Gasteiger partial charge in [0.15, 0.2) is 0 Å². The topological polar surface area (TPSA) is 70.6 Å². The fraction of sp³-hybridized carbons (Fsp3) is 0.182. The first-order valence-electron chi connectivity index (χ1n) is 9.52. The van der Waals surface area contributed by atoms with Crippen LogP contribution in [0.15, 0.2) is 65.5 Å². The van der Waals surface area contributed by atoms with Gasteiger partial charge in [-0.05, 0) is 59.1 Å². The summed E-state index contributed by atoms with van der Waals surface area (Å²) >= 11 is 3.66. The van der Waals surface area contributed by atoms with Gasteiger partial charge < -0.3 is 4.90 Å². The molecule has 1 aliphatic rings. The normalized spacial score (nSPS) is 14.5. The molecule has 1 N–H and O–H groups in total. The lowest BCUT2D eigenvalue weighted by atomic mass is 10.1. The molecule has 144 valence electrons. The number of H-pyrrole nitrogens is 1. The van der Waals surface area contributed by atoms with E-state index in [9.17, 15) is 0 Å². The SMILES string of the molecule is C=C1CCCN(c2nc(-c3n[nH]c4cnc(-c5cccnc5)cc34)ccc2Br)C1. The number of hydrogen-bond acceptors (Lipinski definition) is 5. The van der Waals surface area contributed by atoms with Crippen molar-refractivity contribution < 1.29 is 0 Å². The highest BCUT2D eigenvalue weighted by Crippen LogP contribution is 2.33. The van der Waals surface area contributed by atoms with Gasteiger partial charge in [-0.15, -0.1) is 0 Å². The minimum absolute atomic E-state index is 0.817. The smallest absolute Gasteiger partial charge is 0.143 e. The van der Waals surface area contributed by atoms with Gasteiger partial charge in [-0.3, -0.25) is 15.1 Å². The Hall–Kier alpha value is -3.06. The summed E-state index contributed by atoms with van der Waals surface area (Å²) in [6.45, 7) is 5.97. The standard InChI is InChI=1S/C22H19BrN6/c1-14-4-3-9-29(13-14)22-17(23)6-7-18(26-22)21-16-10-19(15-5-2-8-24-11-15)25-12-20(16)27-28-21/h2,5-8,10-12H,1,3-4,9,13H2,(H,27,28). The Kier molecular flexibility index (Phi) is 4.60. The fourth-order valence-corrected chi connectivity index (χ4v) is 4.17. The van der Waals surface area contributed by atoms with E-state index in [1.54, 1.807) is 6.20 Å². The minimum Gasteiger partial charge on any atom is -0.352 e. The number of hydrogen-bond donors (Lipinski definition) is 1. The second kappa shape index (κ2) is 7.40. The molecule has 0 aromatic carbocycles. The van der Waals surface area contributed by atoms with Gasteiger partial charge >= 0.3 is 0 Å². The minimum atomic E-state index is 0.817. The van der Waals surface area contributed by atoms with E-state index in [0.717, 1.165) is 69.8 Å². The van der Waals surface area contributed by atoms with Crippen molar-refractivity contribution in [1.82, 2.24) is 25.1 Å². The third-order valence-corrected chi connectivity index (χ3v) is 5.77. The summed E-state index contributed by atoms with van der Waals surface area (Å²) in [6, 6.07) is 9.98. The molecule has 5 rings (SSSR count). The highest BCUT2D eigenvalue weighted by atomic mass is 79.9. The average molecular weight is 447 g/mol. The molecule has 0 amide bonds. The van der Waals surface area contributed by atoms with Crippen LogP contribution in [0.3, 0.4) is 0 Å². The molecule has 0 radical (unpaired) electrons. The van der Waals surface area contributed by atoms with Crippen molar-refractivity contribution in [1.29, 1.82) is 0 Å². The maximum atomic E-state index is 4.95. The highest BCUT2D eigenvalue weighted by Gasteiger charge is 2.19. The number of halogens is 1. The Bertz CT molecular complexity index is 1200. The van der Waals surface area contributed by atoms with Crippen LogP contribution < -0.4 is 4.90 Å². The van der Waals surface area contributed by atoms with Gasteiger partial charge in [0.25, 0.3) is 0 Å². The van der Waals surface area contributed by atoms with Crippen LogP contribution in [0.5, 0.6) is 0 Å². The highest BCUT2D eigenvalue weighted by molar-refractivity contribution is 9.10. The molecule has 29 heavy (non-hydrogen) atoms. The van der Waals surface area contributed by atoms with Crippen LogP contribution in [0, 0.1) is 0 Å². The molecule has 1 fully saturated rings.